The third-order valence-electron chi connectivity index (χ3n) is 5.58. The van der Waals surface area contributed by atoms with Crippen molar-refractivity contribution in [2.75, 3.05) is 38.5 Å². The highest BCUT2D eigenvalue weighted by atomic mass is 32.2. The molecule has 1 saturated heterocycles. The van der Waals surface area contributed by atoms with E-state index in [-0.39, 0.29) is 10.6 Å². The van der Waals surface area contributed by atoms with Crippen LogP contribution >= 0.6 is 11.3 Å². The molecule has 33 heavy (non-hydrogen) atoms. The Labute approximate surface area is 199 Å². The van der Waals surface area contributed by atoms with E-state index in [2.05, 4.69) is 15.2 Å². The number of nitrogens with one attached hydrogen (secondary N) is 1. The molecule has 1 aliphatic rings. The van der Waals surface area contributed by atoms with E-state index in [9.17, 15) is 13.5 Å². The molecule has 0 bridgehead atoms. The lowest BCUT2D eigenvalue weighted by Crippen LogP contribution is -2.35. The number of nitrogens with zero attached hydrogens (tertiary/aromatic N) is 3. The molecule has 1 aromatic heterocycles. The molecule has 0 atom stereocenters. The number of likely N-dealkylation sites (N-methyl/N-ethyl adjacent to an activating group) is 1. The van der Waals surface area contributed by atoms with Crippen LogP contribution in [-0.2, 0) is 10.0 Å². The van der Waals surface area contributed by atoms with Gasteiger partial charge in [-0.15, -0.1) is 0 Å². The molecule has 174 valence electrons. The Morgan fingerprint density at radius 3 is 2.67 bits per heavy atom. The number of phenols is 1. The normalized spacial score (nSPS) is 15.0. The van der Waals surface area contributed by atoms with Crippen LogP contribution in [0.1, 0.15) is 23.3 Å². The Morgan fingerprint density at radius 2 is 1.91 bits per heavy atom. The Morgan fingerprint density at radius 1 is 1.15 bits per heavy atom. The summed E-state index contributed by atoms with van der Waals surface area (Å²) in [5, 5.41) is 13.3. The number of sulfonamides is 1. The standard InChI is InChI=1S/C24H28N4O3S2/c1-27(15-16-28-13-2-3-14-28)33(30,31)23-6-4-5-20(17-23)26-24-25-18-22(32-24)12-9-19-7-10-21(29)11-8-19/h4-12,17-18,29H,2-3,13-16H2,1H3,(H,25,26)/b12-9+. The van der Waals surface area contributed by atoms with Gasteiger partial charge in [-0.2, -0.15) is 4.31 Å². The molecule has 2 N–H and O–H groups in total. The first kappa shape index (κ1) is 23.4. The lowest BCUT2D eigenvalue weighted by Gasteiger charge is -2.21. The van der Waals surface area contributed by atoms with Crippen molar-refractivity contribution >= 4 is 44.3 Å². The van der Waals surface area contributed by atoms with Gasteiger partial charge in [0.25, 0.3) is 0 Å². The zero-order chi connectivity index (χ0) is 23.3. The Hall–Kier alpha value is -2.72. The monoisotopic (exact) mass is 484 g/mol. The summed E-state index contributed by atoms with van der Waals surface area (Å²) in [6.07, 6.45) is 8.04. The second kappa shape index (κ2) is 10.5. The van der Waals surface area contributed by atoms with Crippen LogP contribution in [-0.4, -0.2) is 60.9 Å². The molecule has 2 heterocycles. The number of hydrogen-bond donors (Lipinski definition) is 2. The van der Waals surface area contributed by atoms with Gasteiger partial charge in [-0.05, 0) is 67.9 Å². The number of hydrogen-bond acceptors (Lipinski definition) is 7. The molecule has 0 unspecified atom stereocenters. The molecule has 4 rings (SSSR count). The Kier molecular flexibility index (Phi) is 7.44. The summed E-state index contributed by atoms with van der Waals surface area (Å²) >= 11 is 1.47. The van der Waals surface area contributed by atoms with Gasteiger partial charge in [-0.25, -0.2) is 13.4 Å². The maximum atomic E-state index is 13.0. The number of phenolic OH excluding ortho intramolecular Hbond substituents is 1. The molecule has 0 amide bonds. The van der Waals surface area contributed by atoms with Gasteiger partial charge in [0.2, 0.25) is 10.0 Å². The minimum atomic E-state index is -3.56. The average Bonchev–Trinajstić information content (AvgIpc) is 3.49. The van der Waals surface area contributed by atoms with Gasteiger partial charge in [-0.3, -0.25) is 0 Å². The SMILES string of the molecule is CN(CCN1CCCC1)S(=O)(=O)c1cccc(Nc2ncc(/C=C/c3ccc(O)cc3)s2)c1. The highest BCUT2D eigenvalue weighted by Crippen LogP contribution is 2.26. The van der Waals surface area contributed by atoms with Crippen molar-refractivity contribution in [2.24, 2.45) is 0 Å². The van der Waals surface area contributed by atoms with E-state index in [4.69, 9.17) is 0 Å². The van der Waals surface area contributed by atoms with Crippen LogP contribution in [0.25, 0.3) is 12.2 Å². The molecule has 0 aliphatic carbocycles. The van der Waals surface area contributed by atoms with E-state index in [0.717, 1.165) is 30.1 Å². The van der Waals surface area contributed by atoms with Crippen molar-refractivity contribution in [2.45, 2.75) is 17.7 Å². The Balaban J connectivity index is 1.40. The summed E-state index contributed by atoms with van der Waals surface area (Å²) < 4.78 is 27.5. The first-order valence-electron chi connectivity index (χ1n) is 10.9. The third-order valence-corrected chi connectivity index (χ3v) is 8.31. The van der Waals surface area contributed by atoms with Crippen LogP contribution < -0.4 is 5.32 Å². The minimum absolute atomic E-state index is 0.235. The first-order chi connectivity index (χ1) is 15.9. The second-order valence-electron chi connectivity index (χ2n) is 8.02. The van der Waals surface area contributed by atoms with Gasteiger partial charge in [0.05, 0.1) is 4.90 Å². The van der Waals surface area contributed by atoms with Gasteiger partial charge in [0.15, 0.2) is 5.13 Å². The molecule has 2 aromatic carbocycles. The fourth-order valence-corrected chi connectivity index (χ4v) is 5.58. The number of likely N-dealkylation sites (tertiary alicyclic amines) is 1. The van der Waals surface area contributed by atoms with Crippen molar-refractivity contribution in [3.8, 4) is 5.75 Å². The Bertz CT molecular complexity index is 1200. The molecule has 7 nitrogen and oxygen atoms in total. The van der Waals surface area contributed by atoms with Gasteiger partial charge in [0.1, 0.15) is 5.75 Å². The highest BCUT2D eigenvalue weighted by molar-refractivity contribution is 7.89. The zero-order valence-corrected chi connectivity index (χ0v) is 20.1. The zero-order valence-electron chi connectivity index (χ0n) is 18.5. The molecular formula is C24H28N4O3S2. The van der Waals surface area contributed by atoms with Gasteiger partial charge >= 0.3 is 0 Å². The minimum Gasteiger partial charge on any atom is -0.508 e. The van der Waals surface area contributed by atoms with E-state index in [1.54, 1.807) is 43.6 Å². The van der Waals surface area contributed by atoms with Gasteiger partial charge < -0.3 is 15.3 Å². The predicted octanol–water partition coefficient (Wildman–Crippen LogP) is 4.48. The fraction of sp³-hybridized carbons (Fsp3) is 0.292. The van der Waals surface area contributed by atoms with E-state index < -0.39 is 10.0 Å². The van der Waals surface area contributed by atoms with E-state index in [1.807, 2.05) is 30.4 Å². The largest absolute Gasteiger partial charge is 0.508 e. The van der Waals surface area contributed by atoms with Crippen molar-refractivity contribution in [3.63, 3.8) is 0 Å². The molecule has 0 spiro atoms. The molecular weight excluding hydrogens is 456 g/mol. The molecule has 1 aliphatic heterocycles. The topological polar surface area (TPSA) is 85.8 Å². The summed E-state index contributed by atoms with van der Waals surface area (Å²) in [5.41, 5.74) is 1.65. The smallest absolute Gasteiger partial charge is 0.242 e. The number of anilines is 2. The fourth-order valence-electron chi connectivity index (χ4n) is 3.63. The van der Waals surface area contributed by atoms with Crippen molar-refractivity contribution in [1.29, 1.82) is 0 Å². The van der Waals surface area contributed by atoms with Gasteiger partial charge in [-0.1, -0.05) is 35.6 Å². The molecule has 3 aromatic rings. The van der Waals surface area contributed by atoms with Crippen LogP contribution in [0.4, 0.5) is 10.8 Å². The van der Waals surface area contributed by atoms with Crippen LogP contribution in [0.2, 0.25) is 0 Å². The van der Waals surface area contributed by atoms with Crippen LogP contribution in [0.15, 0.2) is 59.6 Å². The van der Waals surface area contributed by atoms with E-state index in [1.165, 1.54) is 28.5 Å². The highest BCUT2D eigenvalue weighted by Gasteiger charge is 2.22. The van der Waals surface area contributed by atoms with Crippen molar-refractivity contribution in [3.05, 3.63) is 65.2 Å². The first-order valence-corrected chi connectivity index (χ1v) is 13.1. The average molecular weight is 485 g/mol. The quantitative estimate of drug-likeness (QED) is 0.466. The van der Waals surface area contributed by atoms with E-state index in [0.29, 0.717) is 17.4 Å². The van der Waals surface area contributed by atoms with Crippen molar-refractivity contribution in [1.82, 2.24) is 14.2 Å². The number of benzene rings is 2. The van der Waals surface area contributed by atoms with Gasteiger partial charge in [0, 0.05) is 36.9 Å². The molecule has 9 heteroatoms. The number of thiazole rings is 1. The molecule has 1 fully saturated rings. The maximum absolute atomic E-state index is 13.0. The van der Waals surface area contributed by atoms with Crippen LogP contribution in [0, 0.1) is 0 Å². The summed E-state index contributed by atoms with van der Waals surface area (Å²) in [4.78, 5) is 7.91. The summed E-state index contributed by atoms with van der Waals surface area (Å²) in [6.45, 7) is 3.33. The van der Waals surface area contributed by atoms with Crippen LogP contribution in [0.5, 0.6) is 5.75 Å². The van der Waals surface area contributed by atoms with Crippen LogP contribution in [0.3, 0.4) is 0 Å². The molecule has 0 saturated carbocycles. The maximum Gasteiger partial charge on any atom is 0.242 e. The second-order valence-corrected chi connectivity index (χ2v) is 11.1. The number of aromatic nitrogens is 1. The molecule has 0 radical (unpaired) electrons. The number of aromatic hydroxyl groups is 1. The third kappa shape index (κ3) is 6.20. The number of rotatable bonds is 9. The lowest BCUT2D eigenvalue weighted by atomic mass is 10.2. The summed E-state index contributed by atoms with van der Waals surface area (Å²) in [5.74, 6) is 0.235. The van der Waals surface area contributed by atoms with Crippen molar-refractivity contribution < 1.29 is 13.5 Å². The van der Waals surface area contributed by atoms with E-state index >= 15 is 0 Å². The summed E-state index contributed by atoms with van der Waals surface area (Å²) in [7, 11) is -1.92. The predicted molar refractivity (Wildman–Crippen MR) is 134 cm³/mol. The lowest BCUT2D eigenvalue weighted by molar-refractivity contribution is 0.310. The summed E-state index contributed by atoms with van der Waals surface area (Å²) in [6, 6.07) is 13.8.